The molecule has 12 heteroatoms. The number of halogens is 1. The van der Waals surface area contributed by atoms with Gasteiger partial charge in [-0.15, -0.1) is 0 Å². The number of nitrogens with zero attached hydrogens (tertiary/aromatic N) is 7. The first-order valence-electron chi connectivity index (χ1n) is 7.91. The van der Waals surface area contributed by atoms with E-state index < -0.39 is 10.0 Å². The normalized spacial score (nSPS) is 16.5. The number of piperazine rings is 1. The molecule has 0 spiro atoms. The summed E-state index contributed by atoms with van der Waals surface area (Å²) in [6.07, 6.45) is 2.87. The van der Waals surface area contributed by atoms with E-state index in [1.165, 1.54) is 16.9 Å². The Morgan fingerprint density at radius 1 is 1.23 bits per heavy atom. The van der Waals surface area contributed by atoms with E-state index >= 15 is 0 Å². The summed E-state index contributed by atoms with van der Waals surface area (Å²) in [5.74, 6) is 0.596. The summed E-state index contributed by atoms with van der Waals surface area (Å²) < 4.78 is 33.6. The van der Waals surface area contributed by atoms with Gasteiger partial charge in [0.1, 0.15) is 28.8 Å². The number of hydrogen-bond donors (Lipinski definition) is 0. The van der Waals surface area contributed by atoms with Crippen LogP contribution in [-0.2, 0) is 22.8 Å². The second kappa shape index (κ2) is 6.59. The Hall–Kier alpha value is -2.05. The van der Waals surface area contributed by atoms with Gasteiger partial charge in [0.05, 0.1) is 11.1 Å². The third kappa shape index (κ3) is 3.08. The minimum Gasteiger partial charge on any atom is -0.364 e. The van der Waals surface area contributed by atoms with Crippen LogP contribution in [0.4, 0.5) is 5.82 Å². The van der Waals surface area contributed by atoms with Crippen LogP contribution in [0.1, 0.15) is 5.69 Å². The van der Waals surface area contributed by atoms with Crippen molar-refractivity contribution in [1.29, 1.82) is 0 Å². The Balaban J connectivity index is 1.52. The summed E-state index contributed by atoms with van der Waals surface area (Å²) in [5.41, 5.74) is 1.13. The largest absolute Gasteiger partial charge is 0.364 e. The predicted molar refractivity (Wildman–Crippen MR) is 96.9 cm³/mol. The molecule has 26 heavy (non-hydrogen) atoms. The van der Waals surface area contributed by atoms with Gasteiger partial charge in [0.15, 0.2) is 5.65 Å². The highest BCUT2D eigenvalue weighted by Gasteiger charge is 2.29. The molecule has 4 rings (SSSR count). The number of aryl methyl sites for hydroxylation is 1. The van der Waals surface area contributed by atoms with Crippen molar-refractivity contribution in [3.8, 4) is 0 Å². The highest BCUT2D eigenvalue weighted by atomic mass is 79.9. The van der Waals surface area contributed by atoms with Crippen LogP contribution in [0.15, 0.2) is 27.8 Å². The second-order valence-corrected chi connectivity index (χ2v) is 8.66. The lowest BCUT2D eigenvalue weighted by molar-refractivity contribution is 0.381. The van der Waals surface area contributed by atoms with E-state index in [0.717, 1.165) is 16.9 Å². The fourth-order valence-electron chi connectivity index (χ4n) is 3.03. The second-order valence-electron chi connectivity index (χ2n) is 5.94. The summed E-state index contributed by atoms with van der Waals surface area (Å²) in [6.45, 7) is 1.82. The summed E-state index contributed by atoms with van der Waals surface area (Å²) in [4.78, 5) is 10.7. The number of hydrogen-bond acceptors (Lipinski definition) is 8. The smallest absolute Gasteiger partial charge is 0.220 e. The van der Waals surface area contributed by atoms with E-state index in [-0.39, 0.29) is 5.75 Å². The number of anilines is 1. The van der Waals surface area contributed by atoms with Crippen molar-refractivity contribution < 1.29 is 12.9 Å². The molecular weight excluding hydrogens is 426 g/mol. The Kier molecular flexibility index (Phi) is 4.40. The number of rotatable bonds is 4. The predicted octanol–water partition coefficient (Wildman–Crippen LogP) is 0.766. The Bertz CT molecular complexity index is 1030. The molecule has 0 aliphatic carbocycles. The van der Waals surface area contributed by atoms with Crippen LogP contribution in [0, 0.1) is 0 Å². The van der Waals surface area contributed by atoms with Gasteiger partial charge in [-0.2, -0.15) is 9.40 Å². The van der Waals surface area contributed by atoms with E-state index in [2.05, 4.69) is 41.1 Å². The van der Waals surface area contributed by atoms with Gasteiger partial charge < -0.3 is 9.42 Å². The molecule has 4 heterocycles. The molecule has 1 saturated heterocycles. The highest BCUT2D eigenvalue weighted by Crippen LogP contribution is 2.30. The van der Waals surface area contributed by atoms with Gasteiger partial charge >= 0.3 is 0 Å². The SMILES string of the molecule is Cn1nc(Br)c2c(N3CCN(S(=O)(=O)Cc4ccon4)CC3)ncnc21. The summed E-state index contributed by atoms with van der Waals surface area (Å²) in [5, 5.41) is 8.83. The molecule has 1 aliphatic rings. The molecule has 138 valence electrons. The minimum atomic E-state index is -3.43. The van der Waals surface area contributed by atoms with Crippen LogP contribution in [0.25, 0.3) is 11.0 Å². The zero-order chi connectivity index (χ0) is 18.3. The van der Waals surface area contributed by atoms with Crippen molar-refractivity contribution in [2.45, 2.75) is 5.75 Å². The third-order valence-electron chi connectivity index (χ3n) is 4.31. The summed E-state index contributed by atoms with van der Waals surface area (Å²) in [6, 6.07) is 1.56. The zero-order valence-corrected chi connectivity index (χ0v) is 16.3. The lowest BCUT2D eigenvalue weighted by atomic mass is 10.3. The van der Waals surface area contributed by atoms with Crippen LogP contribution < -0.4 is 4.90 Å². The molecule has 0 amide bonds. The average molecular weight is 442 g/mol. The van der Waals surface area contributed by atoms with Crippen molar-refractivity contribution in [3.63, 3.8) is 0 Å². The quantitative estimate of drug-likeness (QED) is 0.583. The molecule has 0 unspecified atom stereocenters. The number of aromatic nitrogens is 5. The van der Waals surface area contributed by atoms with Gasteiger partial charge in [0.25, 0.3) is 0 Å². The molecule has 3 aromatic heterocycles. The Morgan fingerprint density at radius 2 is 2.00 bits per heavy atom. The molecule has 0 atom stereocenters. The van der Waals surface area contributed by atoms with E-state index in [0.29, 0.717) is 36.5 Å². The van der Waals surface area contributed by atoms with Crippen molar-refractivity contribution >= 4 is 42.8 Å². The monoisotopic (exact) mass is 441 g/mol. The van der Waals surface area contributed by atoms with Crippen LogP contribution in [0.3, 0.4) is 0 Å². The van der Waals surface area contributed by atoms with Crippen LogP contribution >= 0.6 is 15.9 Å². The highest BCUT2D eigenvalue weighted by molar-refractivity contribution is 9.10. The molecule has 1 fully saturated rings. The molecule has 10 nitrogen and oxygen atoms in total. The Morgan fingerprint density at radius 3 is 2.69 bits per heavy atom. The van der Waals surface area contributed by atoms with E-state index in [1.807, 2.05) is 7.05 Å². The van der Waals surface area contributed by atoms with Crippen molar-refractivity contribution in [3.05, 3.63) is 29.0 Å². The van der Waals surface area contributed by atoms with Crippen molar-refractivity contribution in [2.75, 3.05) is 31.1 Å². The molecule has 1 aliphatic heterocycles. The summed E-state index contributed by atoms with van der Waals surface area (Å²) >= 11 is 3.45. The van der Waals surface area contributed by atoms with Crippen LogP contribution in [0.2, 0.25) is 0 Å². The number of fused-ring (bicyclic) bond motifs is 1. The van der Waals surface area contributed by atoms with E-state index in [1.54, 1.807) is 10.7 Å². The molecule has 0 N–H and O–H groups in total. The van der Waals surface area contributed by atoms with Crippen molar-refractivity contribution in [2.24, 2.45) is 7.05 Å². The van der Waals surface area contributed by atoms with Gasteiger partial charge in [0, 0.05) is 39.3 Å². The van der Waals surface area contributed by atoms with E-state index in [4.69, 9.17) is 4.52 Å². The molecule has 0 saturated carbocycles. The first kappa shape index (κ1) is 17.4. The van der Waals surface area contributed by atoms with E-state index in [9.17, 15) is 8.42 Å². The van der Waals surface area contributed by atoms with Gasteiger partial charge in [-0.1, -0.05) is 5.16 Å². The fraction of sp³-hybridized carbons (Fsp3) is 0.429. The fourth-order valence-corrected chi connectivity index (χ4v) is 5.05. The van der Waals surface area contributed by atoms with Gasteiger partial charge in [-0.3, -0.25) is 0 Å². The molecule has 0 aromatic carbocycles. The zero-order valence-electron chi connectivity index (χ0n) is 13.9. The maximum atomic E-state index is 12.5. The maximum Gasteiger partial charge on any atom is 0.220 e. The minimum absolute atomic E-state index is 0.157. The van der Waals surface area contributed by atoms with Gasteiger partial charge in [-0.25, -0.2) is 23.1 Å². The van der Waals surface area contributed by atoms with Gasteiger partial charge in [0.2, 0.25) is 10.0 Å². The maximum absolute atomic E-state index is 12.5. The first-order valence-corrected chi connectivity index (χ1v) is 10.3. The Labute approximate surface area is 158 Å². The molecular formula is C14H16BrN7O3S. The molecule has 0 radical (unpaired) electrons. The van der Waals surface area contributed by atoms with Crippen molar-refractivity contribution in [1.82, 2.24) is 29.2 Å². The topological polar surface area (TPSA) is 110 Å². The first-order chi connectivity index (χ1) is 12.5. The third-order valence-corrected chi connectivity index (χ3v) is 6.68. The van der Waals surface area contributed by atoms with Crippen LogP contribution in [-0.4, -0.2) is 63.8 Å². The molecule has 0 bridgehead atoms. The van der Waals surface area contributed by atoms with Gasteiger partial charge in [-0.05, 0) is 15.9 Å². The lowest BCUT2D eigenvalue weighted by Crippen LogP contribution is -2.49. The lowest BCUT2D eigenvalue weighted by Gasteiger charge is -2.34. The average Bonchev–Trinajstić information content (AvgIpc) is 3.23. The van der Waals surface area contributed by atoms with Crippen LogP contribution in [0.5, 0.6) is 0 Å². The summed E-state index contributed by atoms with van der Waals surface area (Å²) in [7, 11) is -1.62. The standard InChI is InChI=1S/C14H16BrN7O3S/c1-20-13-11(12(15)18-20)14(17-9-16-13)21-3-5-22(6-4-21)26(23,24)8-10-2-7-25-19-10/h2,7,9H,3-6,8H2,1H3. The molecule has 3 aromatic rings. The number of sulfonamides is 1.